The molecule has 0 fully saturated rings. The van der Waals surface area contributed by atoms with Gasteiger partial charge in [0.15, 0.2) is 0 Å². The summed E-state index contributed by atoms with van der Waals surface area (Å²) in [6.07, 6.45) is -0.855. The predicted molar refractivity (Wildman–Crippen MR) is 82.8 cm³/mol. The molecule has 2 N–H and O–H groups in total. The van der Waals surface area contributed by atoms with Crippen molar-refractivity contribution >= 4 is 23.4 Å². The number of aliphatic hydroxyl groups is 1. The van der Waals surface area contributed by atoms with E-state index >= 15 is 0 Å². The second-order valence-electron chi connectivity index (χ2n) is 4.55. The topological polar surface area (TPSA) is 49.3 Å². The minimum Gasteiger partial charge on any atom is -0.387 e. The molecule has 2 aromatic carbocycles. The molecule has 0 aliphatic carbocycles. The lowest BCUT2D eigenvalue weighted by Gasteiger charge is -2.11. The molecule has 1 atom stereocenters. The van der Waals surface area contributed by atoms with Gasteiger partial charge < -0.3 is 10.4 Å². The highest BCUT2D eigenvalue weighted by Crippen LogP contribution is 2.26. The van der Waals surface area contributed by atoms with E-state index in [0.29, 0.717) is 11.3 Å². The summed E-state index contributed by atoms with van der Waals surface area (Å²) in [6, 6.07) is 13.5. The number of aliphatic hydroxyl groups excluding tert-OH is 1. The molecule has 0 heterocycles. The van der Waals surface area contributed by atoms with Crippen LogP contribution in [0.2, 0.25) is 0 Å². The van der Waals surface area contributed by atoms with Gasteiger partial charge in [-0.05, 0) is 30.3 Å². The molecule has 3 nitrogen and oxygen atoms in total. The van der Waals surface area contributed by atoms with E-state index in [1.165, 1.54) is 24.8 Å². The Bertz CT molecular complexity index is 616. The van der Waals surface area contributed by atoms with Gasteiger partial charge in [-0.2, -0.15) is 0 Å². The number of hydrogen-bond donors (Lipinski definition) is 2. The SMILES string of the molecule is CC(=O)Nc1ccc(SCC(O)c2ccccc2F)cc1. The summed E-state index contributed by atoms with van der Waals surface area (Å²) < 4.78 is 13.5. The van der Waals surface area contributed by atoms with Gasteiger partial charge in [0.05, 0.1) is 6.10 Å². The number of halogens is 1. The third-order valence-electron chi connectivity index (χ3n) is 2.85. The Kier molecular flexibility index (Phi) is 5.36. The first-order chi connectivity index (χ1) is 10.1. The monoisotopic (exact) mass is 305 g/mol. The van der Waals surface area contributed by atoms with Crippen LogP contribution in [0.5, 0.6) is 0 Å². The highest BCUT2D eigenvalue weighted by atomic mass is 32.2. The second kappa shape index (κ2) is 7.24. The molecular formula is C16H16FNO2S. The van der Waals surface area contributed by atoms with Crippen LogP contribution in [0.15, 0.2) is 53.4 Å². The van der Waals surface area contributed by atoms with Crippen molar-refractivity contribution in [2.45, 2.75) is 17.9 Å². The summed E-state index contributed by atoms with van der Waals surface area (Å²) in [6.45, 7) is 1.45. The maximum atomic E-state index is 13.5. The Morgan fingerprint density at radius 1 is 1.24 bits per heavy atom. The standard InChI is InChI=1S/C16H16FNO2S/c1-11(19)18-12-6-8-13(9-7-12)21-10-16(20)14-4-2-3-5-15(14)17/h2-9,16,20H,10H2,1H3,(H,18,19). The number of carbonyl (C=O) groups excluding carboxylic acids is 1. The van der Waals surface area contributed by atoms with Gasteiger partial charge >= 0.3 is 0 Å². The Morgan fingerprint density at radius 3 is 2.52 bits per heavy atom. The van der Waals surface area contributed by atoms with E-state index in [4.69, 9.17) is 0 Å². The molecule has 0 aromatic heterocycles. The molecular weight excluding hydrogens is 289 g/mol. The molecule has 0 radical (unpaired) electrons. The molecule has 0 aliphatic rings. The number of rotatable bonds is 5. The zero-order chi connectivity index (χ0) is 15.2. The largest absolute Gasteiger partial charge is 0.387 e. The predicted octanol–water partition coefficient (Wildman–Crippen LogP) is 3.61. The number of amides is 1. The first-order valence-corrected chi connectivity index (χ1v) is 7.48. The molecule has 5 heteroatoms. The van der Waals surface area contributed by atoms with Gasteiger partial charge in [-0.3, -0.25) is 4.79 Å². The lowest BCUT2D eigenvalue weighted by Crippen LogP contribution is -2.05. The van der Waals surface area contributed by atoms with Gasteiger partial charge in [0.2, 0.25) is 5.91 Å². The van der Waals surface area contributed by atoms with E-state index in [1.807, 2.05) is 12.1 Å². The average Bonchev–Trinajstić information content (AvgIpc) is 2.46. The van der Waals surface area contributed by atoms with Crippen molar-refractivity contribution in [3.05, 3.63) is 59.9 Å². The fourth-order valence-electron chi connectivity index (χ4n) is 1.85. The Balaban J connectivity index is 1.94. The Morgan fingerprint density at radius 2 is 1.90 bits per heavy atom. The number of nitrogens with one attached hydrogen (secondary N) is 1. The third-order valence-corrected chi connectivity index (χ3v) is 3.93. The summed E-state index contributed by atoms with van der Waals surface area (Å²) in [7, 11) is 0. The van der Waals surface area contributed by atoms with Crippen LogP contribution in [0.25, 0.3) is 0 Å². The van der Waals surface area contributed by atoms with E-state index in [9.17, 15) is 14.3 Å². The van der Waals surface area contributed by atoms with Crippen LogP contribution in [0, 0.1) is 5.82 Å². The average molecular weight is 305 g/mol. The van der Waals surface area contributed by atoms with Gasteiger partial charge in [-0.15, -0.1) is 11.8 Å². The molecule has 0 spiro atoms. The van der Waals surface area contributed by atoms with Gasteiger partial charge in [0.1, 0.15) is 5.82 Å². The summed E-state index contributed by atoms with van der Waals surface area (Å²) in [5.74, 6) is -0.155. The number of hydrogen-bond acceptors (Lipinski definition) is 3. The third kappa shape index (κ3) is 4.58. The lowest BCUT2D eigenvalue weighted by atomic mass is 10.1. The number of carbonyl (C=O) groups is 1. The van der Waals surface area contributed by atoms with E-state index in [1.54, 1.807) is 30.3 Å². The number of anilines is 1. The van der Waals surface area contributed by atoms with Crippen LogP contribution in [0.1, 0.15) is 18.6 Å². The molecule has 0 saturated carbocycles. The van der Waals surface area contributed by atoms with Crippen molar-refractivity contribution in [3.63, 3.8) is 0 Å². The van der Waals surface area contributed by atoms with Crippen molar-refractivity contribution in [3.8, 4) is 0 Å². The van der Waals surface area contributed by atoms with Gasteiger partial charge in [0, 0.05) is 28.8 Å². The van der Waals surface area contributed by atoms with E-state index in [2.05, 4.69) is 5.32 Å². The summed E-state index contributed by atoms with van der Waals surface area (Å²) in [5.41, 5.74) is 1.03. The molecule has 0 bridgehead atoms. The summed E-state index contributed by atoms with van der Waals surface area (Å²) >= 11 is 1.43. The fourth-order valence-corrected chi connectivity index (χ4v) is 2.71. The first kappa shape index (κ1) is 15.5. The van der Waals surface area contributed by atoms with Crippen LogP contribution >= 0.6 is 11.8 Å². The smallest absolute Gasteiger partial charge is 0.221 e. The Hall–Kier alpha value is -1.85. The zero-order valence-electron chi connectivity index (χ0n) is 11.5. The van der Waals surface area contributed by atoms with Gasteiger partial charge in [0.25, 0.3) is 0 Å². The van der Waals surface area contributed by atoms with Gasteiger partial charge in [-0.1, -0.05) is 18.2 Å². The van der Waals surface area contributed by atoms with Crippen molar-refractivity contribution in [2.24, 2.45) is 0 Å². The van der Waals surface area contributed by atoms with Crippen LogP contribution in [0.4, 0.5) is 10.1 Å². The lowest BCUT2D eigenvalue weighted by molar-refractivity contribution is -0.114. The molecule has 2 aromatic rings. The minimum absolute atomic E-state index is 0.120. The van der Waals surface area contributed by atoms with E-state index < -0.39 is 11.9 Å². The maximum absolute atomic E-state index is 13.5. The first-order valence-electron chi connectivity index (χ1n) is 6.49. The second-order valence-corrected chi connectivity index (χ2v) is 5.65. The van der Waals surface area contributed by atoms with Crippen molar-refractivity contribution in [1.29, 1.82) is 0 Å². The maximum Gasteiger partial charge on any atom is 0.221 e. The molecule has 0 aliphatic heterocycles. The fraction of sp³-hybridized carbons (Fsp3) is 0.188. The minimum atomic E-state index is -0.855. The summed E-state index contributed by atoms with van der Waals surface area (Å²) in [5, 5.41) is 12.7. The van der Waals surface area contributed by atoms with Crippen molar-refractivity contribution in [2.75, 3.05) is 11.1 Å². The number of benzene rings is 2. The van der Waals surface area contributed by atoms with Crippen LogP contribution in [0.3, 0.4) is 0 Å². The highest BCUT2D eigenvalue weighted by Gasteiger charge is 2.12. The van der Waals surface area contributed by atoms with Gasteiger partial charge in [-0.25, -0.2) is 4.39 Å². The molecule has 110 valence electrons. The van der Waals surface area contributed by atoms with Crippen molar-refractivity contribution in [1.82, 2.24) is 0 Å². The summed E-state index contributed by atoms with van der Waals surface area (Å²) in [4.78, 5) is 11.9. The molecule has 2 rings (SSSR count). The van der Waals surface area contributed by atoms with E-state index in [-0.39, 0.29) is 5.91 Å². The molecule has 0 saturated heterocycles. The van der Waals surface area contributed by atoms with Crippen LogP contribution in [-0.2, 0) is 4.79 Å². The zero-order valence-corrected chi connectivity index (χ0v) is 12.4. The van der Waals surface area contributed by atoms with Crippen molar-refractivity contribution < 1.29 is 14.3 Å². The van der Waals surface area contributed by atoms with E-state index in [0.717, 1.165) is 10.6 Å². The van der Waals surface area contributed by atoms with Crippen LogP contribution in [-0.4, -0.2) is 16.8 Å². The normalized spacial score (nSPS) is 12.0. The molecule has 1 amide bonds. The quantitative estimate of drug-likeness (QED) is 0.830. The van der Waals surface area contributed by atoms with Crippen LogP contribution < -0.4 is 5.32 Å². The Labute approximate surface area is 127 Å². The molecule has 1 unspecified atom stereocenters. The molecule has 21 heavy (non-hydrogen) atoms. The number of thioether (sulfide) groups is 1. The highest BCUT2D eigenvalue weighted by molar-refractivity contribution is 7.99.